The van der Waals surface area contributed by atoms with Crippen LogP contribution in [0.25, 0.3) is 0 Å². The number of carbonyl (C=O) groups excluding carboxylic acids is 1. The highest BCUT2D eigenvalue weighted by atomic mass is 32.2. The quantitative estimate of drug-likeness (QED) is 0.435. The molecule has 0 radical (unpaired) electrons. The second-order valence-corrected chi connectivity index (χ2v) is 6.08. The Morgan fingerprint density at radius 1 is 1.48 bits per heavy atom. The zero-order chi connectivity index (χ0) is 15.4. The lowest BCUT2D eigenvalue weighted by atomic mass is 10.1. The summed E-state index contributed by atoms with van der Waals surface area (Å²) >= 11 is 1.79. The number of nitrogens with zero attached hydrogens (tertiary/aromatic N) is 1. The first-order valence-corrected chi connectivity index (χ1v) is 7.93. The number of nitrogens with one attached hydrogen (secondary N) is 2. The number of benzene rings is 1. The number of nitrogen functional groups attached to an aromatic ring is 1. The van der Waals surface area contributed by atoms with E-state index in [1.807, 2.05) is 0 Å². The molecule has 1 saturated carbocycles. The van der Waals surface area contributed by atoms with E-state index in [4.69, 9.17) is 5.84 Å². The smallest absolute Gasteiger partial charge is 0.306 e. The van der Waals surface area contributed by atoms with Gasteiger partial charge in [-0.25, -0.2) is 0 Å². The van der Waals surface area contributed by atoms with Crippen molar-refractivity contribution in [2.45, 2.75) is 30.6 Å². The molecule has 1 fully saturated rings. The summed E-state index contributed by atoms with van der Waals surface area (Å²) in [6.45, 7) is 0. The molecule has 0 aromatic heterocycles. The number of thioether (sulfide) groups is 1. The van der Waals surface area contributed by atoms with Gasteiger partial charge in [-0.2, -0.15) is 11.8 Å². The maximum atomic E-state index is 12.3. The molecular formula is C13H18N4O3S. The van der Waals surface area contributed by atoms with Crippen molar-refractivity contribution in [3.63, 3.8) is 0 Å². The van der Waals surface area contributed by atoms with E-state index in [-0.39, 0.29) is 23.0 Å². The third-order valence-corrected chi connectivity index (χ3v) is 4.77. The monoisotopic (exact) mass is 310 g/mol. The Hall–Kier alpha value is -1.80. The molecular weight excluding hydrogens is 292 g/mol. The lowest BCUT2D eigenvalue weighted by Gasteiger charge is -2.13. The van der Waals surface area contributed by atoms with Gasteiger partial charge in [0.2, 0.25) is 0 Å². The first-order chi connectivity index (χ1) is 10.1. The van der Waals surface area contributed by atoms with Crippen LogP contribution >= 0.6 is 11.8 Å². The van der Waals surface area contributed by atoms with Crippen molar-refractivity contribution in [3.05, 3.63) is 33.9 Å². The highest BCUT2D eigenvalue weighted by Crippen LogP contribution is 2.30. The van der Waals surface area contributed by atoms with E-state index in [2.05, 4.69) is 17.0 Å². The maximum absolute atomic E-state index is 12.3. The number of carbonyl (C=O) groups is 1. The number of rotatable bonds is 5. The minimum atomic E-state index is -0.594. The lowest BCUT2D eigenvalue weighted by Crippen LogP contribution is -2.33. The largest absolute Gasteiger partial charge is 0.349 e. The summed E-state index contributed by atoms with van der Waals surface area (Å²) in [5, 5.41) is 14.6. The van der Waals surface area contributed by atoms with E-state index < -0.39 is 10.8 Å². The number of hydrogen-bond acceptors (Lipinski definition) is 6. The summed E-state index contributed by atoms with van der Waals surface area (Å²) in [5.74, 6) is 4.84. The summed E-state index contributed by atoms with van der Waals surface area (Å²) in [7, 11) is 0. The summed E-state index contributed by atoms with van der Waals surface area (Å²) in [6, 6.07) is 4.55. The van der Waals surface area contributed by atoms with E-state index in [1.54, 1.807) is 17.8 Å². The molecule has 0 bridgehead atoms. The zero-order valence-corrected chi connectivity index (χ0v) is 12.5. The van der Waals surface area contributed by atoms with Crippen LogP contribution in [0, 0.1) is 10.1 Å². The predicted molar refractivity (Wildman–Crippen MR) is 83.3 cm³/mol. The summed E-state index contributed by atoms with van der Waals surface area (Å²) in [4.78, 5) is 22.9. The molecule has 21 heavy (non-hydrogen) atoms. The number of nitro benzene ring substituents is 1. The van der Waals surface area contributed by atoms with E-state index in [1.165, 1.54) is 12.1 Å². The molecule has 0 aliphatic heterocycles. The summed E-state index contributed by atoms with van der Waals surface area (Å²) < 4.78 is 0. The van der Waals surface area contributed by atoms with E-state index in [0.717, 1.165) is 19.3 Å². The van der Waals surface area contributed by atoms with Crippen molar-refractivity contribution in [3.8, 4) is 0 Å². The normalized spacial score (nSPS) is 21.0. The fourth-order valence-corrected chi connectivity index (χ4v) is 3.38. The molecule has 1 aliphatic carbocycles. The number of amides is 1. The molecule has 1 aromatic rings. The Morgan fingerprint density at radius 3 is 2.81 bits per heavy atom. The zero-order valence-electron chi connectivity index (χ0n) is 11.7. The van der Waals surface area contributed by atoms with Crippen LogP contribution in [0.1, 0.15) is 29.6 Å². The van der Waals surface area contributed by atoms with Gasteiger partial charge in [0, 0.05) is 11.3 Å². The topological polar surface area (TPSA) is 110 Å². The minimum absolute atomic E-state index is 0.0306. The van der Waals surface area contributed by atoms with Crippen molar-refractivity contribution in [1.82, 2.24) is 5.32 Å². The van der Waals surface area contributed by atoms with Crippen LogP contribution in [0.5, 0.6) is 0 Å². The maximum Gasteiger partial charge on any atom is 0.306 e. The third kappa shape index (κ3) is 3.45. The Morgan fingerprint density at radius 2 is 2.24 bits per heavy atom. The highest BCUT2D eigenvalue weighted by Gasteiger charge is 2.29. The number of anilines is 1. The van der Waals surface area contributed by atoms with Gasteiger partial charge >= 0.3 is 5.69 Å². The molecule has 8 heteroatoms. The first-order valence-electron chi connectivity index (χ1n) is 6.64. The van der Waals surface area contributed by atoms with Gasteiger partial charge in [0.25, 0.3) is 5.91 Å². The summed E-state index contributed by atoms with van der Waals surface area (Å²) in [6.07, 6.45) is 4.91. The van der Waals surface area contributed by atoms with Gasteiger partial charge in [0.1, 0.15) is 11.3 Å². The van der Waals surface area contributed by atoms with Gasteiger partial charge in [-0.1, -0.05) is 6.07 Å². The van der Waals surface area contributed by atoms with E-state index in [9.17, 15) is 14.9 Å². The number of hydrazine groups is 1. The van der Waals surface area contributed by atoms with Crippen LogP contribution in [-0.4, -0.2) is 28.4 Å². The Kier molecular flexibility index (Phi) is 5.03. The van der Waals surface area contributed by atoms with Crippen LogP contribution in [0.4, 0.5) is 11.4 Å². The average molecular weight is 310 g/mol. The number of hydrogen-bond donors (Lipinski definition) is 3. The minimum Gasteiger partial charge on any atom is -0.349 e. The second-order valence-electron chi connectivity index (χ2n) is 4.94. The molecule has 2 unspecified atom stereocenters. The van der Waals surface area contributed by atoms with Gasteiger partial charge in [-0.05, 0) is 37.7 Å². The molecule has 0 heterocycles. The standard InChI is InChI=1S/C13H18N4O3S/c1-21-9-6-5-8(7-9)15-13(18)10-3-2-4-11(16-14)12(10)17(19)20/h2-4,8-9,16H,5-7,14H2,1H3,(H,15,18). The van der Waals surface area contributed by atoms with Gasteiger partial charge in [-0.15, -0.1) is 0 Å². The highest BCUT2D eigenvalue weighted by molar-refractivity contribution is 7.99. The summed E-state index contributed by atoms with van der Waals surface area (Å²) in [5.41, 5.74) is 2.12. The van der Waals surface area contributed by atoms with Crippen molar-refractivity contribution in [1.29, 1.82) is 0 Å². The van der Waals surface area contributed by atoms with Crippen LogP contribution < -0.4 is 16.6 Å². The molecule has 7 nitrogen and oxygen atoms in total. The van der Waals surface area contributed by atoms with Gasteiger partial charge < -0.3 is 10.7 Å². The van der Waals surface area contributed by atoms with Crippen LogP contribution in [0.2, 0.25) is 0 Å². The van der Waals surface area contributed by atoms with Crippen LogP contribution in [0.15, 0.2) is 18.2 Å². The van der Waals surface area contributed by atoms with Crippen LogP contribution in [-0.2, 0) is 0 Å². The predicted octanol–water partition coefficient (Wildman–Crippen LogP) is 1.89. The molecule has 1 aromatic carbocycles. The van der Waals surface area contributed by atoms with E-state index >= 15 is 0 Å². The molecule has 4 N–H and O–H groups in total. The Balaban J connectivity index is 2.18. The molecule has 0 saturated heterocycles. The molecule has 1 aliphatic rings. The number of nitro groups is 1. The Bertz CT molecular complexity index is 552. The van der Waals surface area contributed by atoms with Crippen molar-refractivity contribution >= 4 is 29.0 Å². The number of nitrogens with two attached hydrogens (primary N) is 1. The van der Waals surface area contributed by atoms with E-state index in [0.29, 0.717) is 5.25 Å². The van der Waals surface area contributed by atoms with Gasteiger partial charge in [-0.3, -0.25) is 20.8 Å². The Labute approximate surface area is 126 Å². The fourth-order valence-electron chi connectivity index (χ4n) is 2.59. The van der Waals surface area contributed by atoms with Gasteiger partial charge in [0.15, 0.2) is 0 Å². The molecule has 2 atom stereocenters. The molecule has 0 spiro atoms. The SMILES string of the molecule is CSC1CCC(NC(=O)c2cccc(NN)c2[N+](=O)[O-])C1. The molecule has 1 amide bonds. The molecule has 114 valence electrons. The lowest BCUT2D eigenvalue weighted by molar-refractivity contribution is -0.384. The van der Waals surface area contributed by atoms with Crippen molar-refractivity contribution < 1.29 is 9.72 Å². The fraction of sp³-hybridized carbons (Fsp3) is 0.462. The number of para-hydroxylation sites is 1. The average Bonchev–Trinajstić information content (AvgIpc) is 2.93. The van der Waals surface area contributed by atoms with Crippen molar-refractivity contribution in [2.75, 3.05) is 11.7 Å². The van der Waals surface area contributed by atoms with Crippen molar-refractivity contribution in [2.24, 2.45) is 5.84 Å². The molecule has 2 rings (SSSR count). The first kappa shape index (κ1) is 15.6. The van der Waals surface area contributed by atoms with Crippen LogP contribution in [0.3, 0.4) is 0 Å². The van der Waals surface area contributed by atoms with Gasteiger partial charge in [0.05, 0.1) is 4.92 Å². The third-order valence-electron chi connectivity index (χ3n) is 3.67. The second kappa shape index (κ2) is 6.77.